The van der Waals surface area contributed by atoms with Crippen molar-refractivity contribution in [1.82, 2.24) is 10.2 Å². The van der Waals surface area contributed by atoms with Crippen LogP contribution in [0.4, 0.5) is 19.3 Å². The minimum absolute atomic E-state index is 0.00719. The summed E-state index contributed by atoms with van der Waals surface area (Å²) in [5.41, 5.74) is -0.440. The number of carbonyl (C=O) groups excluding carboxylic acids is 3. The molecule has 0 unspecified atom stereocenters. The normalized spacial score (nSPS) is 14.8. The second kappa shape index (κ2) is 9.07. The molecule has 9 heteroatoms. The van der Waals surface area contributed by atoms with Crippen LogP contribution in [0.25, 0.3) is 0 Å². The van der Waals surface area contributed by atoms with Gasteiger partial charge in [0.1, 0.15) is 12.3 Å². The van der Waals surface area contributed by atoms with E-state index in [0.717, 1.165) is 4.90 Å². The molecule has 4 amide bonds. The van der Waals surface area contributed by atoms with Crippen LogP contribution in [0.3, 0.4) is 0 Å². The van der Waals surface area contributed by atoms with E-state index in [1.54, 1.807) is 60.7 Å². The number of para-hydroxylation sites is 2. The molecule has 1 fully saturated rings. The molecule has 33 heavy (non-hydrogen) atoms. The van der Waals surface area contributed by atoms with Crippen LogP contribution in [-0.4, -0.2) is 35.9 Å². The molecule has 168 valence electrons. The Kier molecular flexibility index (Phi) is 6.03. The minimum atomic E-state index is -3.08. The highest BCUT2D eigenvalue weighted by Gasteiger charge is 2.54. The number of hydrogen-bond acceptors (Lipinski definition) is 4. The van der Waals surface area contributed by atoms with Crippen LogP contribution in [0.5, 0.6) is 5.75 Å². The summed E-state index contributed by atoms with van der Waals surface area (Å²) in [6.45, 7) is -3.69. The van der Waals surface area contributed by atoms with Gasteiger partial charge in [0, 0.05) is 0 Å². The number of carbonyl (C=O) groups is 3. The number of amides is 4. The zero-order valence-electron chi connectivity index (χ0n) is 17.2. The average molecular weight is 451 g/mol. The maximum atomic E-state index is 13.6. The maximum absolute atomic E-state index is 13.6. The fourth-order valence-corrected chi connectivity index (χ4v) is 3.76. The molecule has 0 aromatic heterocycles. The molecule has 1 saturated heterocycles. The number of benzene rings is 3. The molecular weight excluding hydrogens is 432 g/mol. The number of alkyl halides is 2. The third-order valence-corrected chi connectivity index (χ3v) is 5.20. The lowest BCUT2D eigenvalue weighted by atomic mass is 9.82. The molecule has 2 N–H and O–H groups in total. The molecule has 0 bridgehead atoms. The molecule has 0 radical (unpaired) electrons. The van der Waals surface area contributed by atoms with Crippen molar-refractivity contribution in [3.05, 3.63) is 96.1 Å². The molecule has 3 aromatic carbocycles. The van der Waals surface area contributed by atoms with Gasteiger partial charge in [0.15, 0.2) is 5.54 Å². The van der Waals surface area contributed by atoms with Gasteiger partial charge in [-0.15, -0.1) is 0 Å². The Morgan fingerprint density at radius 1 is 0.909 bits per heavy atom. The van der Waals surface area contributed by atoms with E-state index < -0.39 is 36.5 Å². The number of anilines is 1. The number of imide groups is 1. The van der Waals surface area contributed by atoms with Gasteiger partial charge < -0.3 is 15.4 Å². The van der Waals surface area contributed by atoms with Crippen molar-refractivity contribution in [2.75, 3.05) is 11.9 Å². The molecule has 7 nitrogen and oxygen atoms in total. The highest BCUT2D eigenvalue weighted by atomic mass is 19.3. The van der Waals surface area contributed by atoms with Crippen LogP contribution < -0.4 is 15.4 Å². The van der Waals surface area contributed by atoms with Gasteiger partial charge in [-0.3, -0.25) is 14.5 Å². The summed E-state index contributed by atoms with van der Waals surface area (Å²) in [6, 6.07) is 22.3. The molecule has 3 aromatic rings. The summed E-state index contributed by atoms with van der Waals surface area (Å²) < 4.78 is 29.7. The Hall–Kier alpha value is -4.27. The average Bonchev–Trinajstić information content (AvgIpc) is 3.07. The fourth-order valence-electron chi connectivity index (χ4n) is 3.76. The lowest BCUT2D eigenvalue weighted by Gasteiger charge is -2.28. The highest BCUT2D eigenvalue weighted by Crippen LogP contribution is 2.36. The quantitative estimate of drug-likeness (QED) is 0.536. The number of halogens is 2. The predicted molar refractivity (Wildman–Crippen MR) is 116 cm³/mol. The maximum Gasteiger partial charge on any atom is 0.387 e. The Balaban J connectivity index is 1.61. The zero-order valence-corrected chi connectivity index (χ0v) is 17.2. The van der Waals surface area contributed by atoms with Gasteiger partial charge in [-0.2, -0.15) is 8.78 Å². The molecule has 0 atom stereocenters. The molecule has 0 saturated carbocycles. The Morgan fingerprint density at radius 3 is 2.03 bits per heavy atom. The molecule has 1 heterocycles. The third kappa shape index (κ3) is 4.25. The van der Waals surface area contributed by atoms with Gasteiger partial charge in [-0.25, -0.2) is 4.79 Å². The molecule has 1 aliphatic rings. The Bertz CT molecular complexity index is 1130. The van der Waals surface area contributed by atoms with Crippen LogP contribution in [-0.2, 0) is 15.1 Å². The number of hydrogen-bond donors (Lipinski definition) is 2. The van der Waals surface area contributed by atoms with Crippen molar-refractivity contribution in [1.29, 1.82) is 0 Å². The van der Waals surface area contributed by atoms with Crippen molar-refractivity contribution in [2.45, 2.75) is 12.2 Å². The molecule has 1 aliphatic heterocycles. The van der Waals surface area contributed by atoms with E-state index in [0.29, 0.717) is 11.1 Å². The van der Waals surface area contributed by atoms with Crippen LogP contribution in [0.1, 0.15) is 11.1 Å². The van der Waals surface area contributed by atoms with Crippen molar-refractivity contribution in [3.8, 4) is 5.75 Å². The van der Waals surface area contributed by atoms with Gasteiger partial charge in [0.05, 0.1) is 5.69 Å². The summed E-state index contributed by atoms with van der Waals surface area (Å²) in [5.74, 6) is -1.61. The largest absolute Gasteiger partial charge is 0.433 e. The van der Waals surface area contributed by atoms with Crippen LogP contribution in [0.2, 0.25) is 0 Å². The lowest BCUT2D eigenvalue weighted by molar-refractivity contribution is -0.133. The van der Waals surface area contributed by atoms with E-state index in [2.05, 4.69) is 15.4 Å². The monoisotopic (exact) mass is 451 g/mol. The first-order valence-electron chi connectivity index (χ1n) is 10.0. The van der Waals surface area contributed by atoms with Gasteiger partial charge in [0.25, 0.3) is 5.91 Å². The first-order chi connectivity index (χ1) is 15.9. The number of rotatable bonds is 7. The van der Waals surface area contributed by atoms with E-state index in [4.69, 9.17) is 0 Å². The topological polar surface area (TPSA) is 87.7 Å². The predicted octanol–water partition coefficient (Wildman–Crippen LogP) is 3.72. The summed E-state index contributed by atoms with van der Waals surface area (Å²) in [7, 11) is 0. The third-order valence-electron chi connectivity index (χ3n) is 5.20. The smallest absolute Gasteiger partial charge is 0.387 e. The van der Waals surface area contributed by atoms with Crippen LogP contribution >= 0.6 is 0 Å². The first-order valence-corrected chi connectivity index (χ1v) is 10.0. The highest BCUT2D eigenvalue weighted by molar-refractivity contribution is 6.12. The van der Waals surface area contributed by atoms with Gasteiger partial charge in [0.2, 0.25) is 5.91 Å². The SMILES string of the molecule is O=C(CN1C(=O)NC(c2ccccc2)(c2ccccc2)C1=O)Nc1ccccc1OC(F)F. The van der Waals surface area contributed by atoms with E-state index in [1.165, 1.54) is 24.3 Å². The minimum Gasteiger partial charge on any atom is -0.433 e. The van der Waals surface area contributed by atoms with Crippen molar-refractivity contribution in [3.63, 3.8) is 0 Å². The van der Waals surface area contributed by atoms with Crippen molar-refractivity contribution >= 4 is 23.5 Å². The molecule has 0 aliphatic carbocycles. The van der Waals surface area contributed by atoms with Crippen molar-refractivity contribution in [2.24, 2.45) is 0 Å². The zero-order chi connectivity index (χ0) is 23.4. The number of nitrogens with one attached hydrogen (secondary N) is 2. The number of urea groups is 1. The van der Waals surface area contributed by atoms with Gasteiger partial charge in [-0.05, 0) is 23.3 Å². The van der Waals surface area contributed by atoms with Crippen LogP contribution in [0.15, 0.2) is 84.9 Å². The fraction of sp³-hybridized carbons (Fsp3) is 0.125. The Labute approximate surface area is 188 Å². The second-order valence-corrected chi connectivity index (χ2v) is 7.23. The number of ether oxygens (including phenoxy) is 1. The summed E-state index contributed by atoms with van der Waals surface area (Å²) in [5, 5.41) is 5.16. The second-order valence-electron chi connectivity index (χ2n) is 7.23. The van der Waals surface area contributed by atoms with Crippen molar-refractivity contribution < 1.29 is 27.9 Å². The number of nitrogens with zero attached hydrogens (tertiary/aromatic N) is 1. The van der Waals surface area contributed by atoms with E-state index in [1.807, 2.05) is 0 Å². The summed E-state index contributed by atoms with van der Waals surface area (Å²) >= 11 is 0. The van der Waals surface area contributed by atoms with Crippen LogP contribution in [0, 0.1) is 0 Å². The van der Waals surface area contributed by atoms with E-state index in [9.17, 15) is 23.2 Å². The standard InChI is InChI=1S/C24H19F2N3O4/c25-22(26)33-19-14-8-7-13-18(19)27-20(30)15-29-21(31)24(28-23(29)32,16-9-3-1-4-10-16)17-11-5-2-6-12-17/h1-14,22H,15H2,(H,27,30)(H,28,32). The lowest BCUT2D eigenvalue weighted by Crippen LogP contribution is -2.45. The van der Waals surface area contributed by atoms with E-state index in [-0.39, 0.29) is 11.4 Å². The van der Waals surface area contributed by atoms with Gasteiger partial charge in [-0.1, -0.05) is 72.8 Å². The first kappa shape index (κ1) is 21.9. The van der Waals surface area contributed by atoms with E-state index >= 15 is 0 Å². The molecule has 0 spiro atoms. The van der Waals surface area contributed by atoms with Gasteiger partial charge >= 0.3 is 12.6 Å². The Morgan fingerprint density at radius 2 is 1.45 bits per heavy atom. The summed E-state index contributed by atoms with van der Waals surface area (Å²) in [6.07, 6.45) is 0. The molecule has 4 rings (SSSR count). The summed E-state index contributed by atoms with van der Waals surface area (Å²) in [4.78, 5) is 39.9. The molecular formula is C24H19F2N3O4.